The molecule has 0 fully saturated rings. The Hall–Kier alpha value is -0.480. The first-order valence-electron chi connectivity index (χ1n) is 2.35. The predicted molar refractivity (Wildman–Crippen MR) is 42.6 cm³/mol. The highest BCUT2D eigenvalue weighted by Gasteiger charge is 1.96. The summed E-state index contributed by atoms with van der Waals surface area (Å²) in [6.07, 6.45) is 1.61. The van der Waals surface area contributed by atoms with Gasteiger partial charge in [-0.3, -0.25) is 0 Å². The van der Waals surface area contributed by atoms with E-state index in [9.17, 15) is 4.79 Å². The quantitative estimate of drug-likeness (QED) is 0.382. The Kier molecular flexibility index (Phi) is 10.4. The highest BCUT2D eigenvalue weighted by atomic mass is 32.2. The molecule has 0 aromatic carbocycles. The Bertz CT molecular complexity index is 103. The van der Waals surface area contributed by atoms with Crippen molar-refractivity contribution in [1.82, 2.24) is 0 Å². The molecule has 0 aliphatic carbocycles. The predicted octanol–water partition coefficient (Wildman–Crippen LogP) is 0.992. The molecular weight excluding hydrogens is 152 g/mol. The molecule has 4 heteroatoms. The van der Waals surface area contributed by atoms with Gasteiger partial charge in [0.2, 0.25) is 0 Å². The Balaban J connectivity index is 0. The van der Waals surface area contributed by atoms with Crippen LogP contribution in [0.25, 0.3) is 0 Å². The van der Waals surface area contributed by atoms with Crippen molar-refractivity contribution >= 4 is 18.0 Å². The van der Waals surface area contributed by atoms with Crippen LogP contribution in [-0.2, 0) is 8.98 Å². The minimum atomic E-state index is -0.623. The molecule has 0 rings (SSSR count). The van der Waals surface area contributed by atoms with Crippen LogP contribution in [0.3, 0.4) is 0 Å². The lowest BCUT2D eigenvalue weighted by molar-refractivity contribution is -0.136. The third-order valence-corrected chi connectivity index (χ3v) is 1.14. The van der Waals surface area contributed by atoms with Gasteiger partial charge in [0.05, 0.1) is 12.0 Å². The summed E-state index contributed by atoms with van der Waals surface area (Å²) in [6, 6.07) is 0. The van der Waals surface area contributed by atoms with E-state index in [0.717, 1.165) is 12.0 Å². The van der Waals surface area contributed by atoms with Gasteiger partial charge in [0.15, 0.2) is 0 Å². The molecule has 0 aliphatic heterocycles. The molecule has 1 N–H and O–H groups in total. The second kappa shape index (κ2) is 8.52. The van der Waals surface area contributed by atoms with Crippen LogP contribution < -0.4 is 0 Å². The van der Waals surface area contributed by atoms with Gasteiger partial charge >= 0.3 is 5.97 Å². The molecule has 0 aromatic heterocycles. The van der Waals surface area contributed by atoms with Crippen molar-refractivity contribution in [2.75, 3.05) is 12.4 Å². The number of hydrogen-bond acceptors (Lipinski definition) is 4. The standard InChI is InChI=1S/C5H8O3S.CH4/c1-2-3-9-8-5(7)4-6;/h2,6H,1,3-4H2;1H4. The highest BCUT2D eigenvalue weighted by molar-refractivity contribution is 7.95. The van der Waals surface area contributed by atoms with Gasteiger partial charge in [0.25, 0.3) is 0 Å². The van der Waals surface area contributed by atoms with Crippen molar-refractivity contribution in [2.24, 2.45) is 0 Å². The normalized spacial score (nSPS) is 7.70. The molecule has 0 saturated heterocycles. The Morgan fingerprint density at radius 3 is 2.80 bits per heavy atom. The molecular formula is C6H12O3S. The fourth-order valence-electron chi connectivity index (χ4n) is 0.174. The van der Waals surface area contributed by atoms with Gasteiger partial charge in [0, 0.05) is 5.75 Å². The van der Waals surface area contributed by atoms with Gasteiger partial charge in [-0.15, -0.1) is 6.58 Å². The van der Waals surface area contributed by atoms with Crippen LogP contribution in [0.1, 0.15) is 7.43 Å². The number of aliphatic hydroxyl groups excluding tert-OH is 1. The van der Waals surface area contributed by atoms with Crippen molar-refractivity contribution < 1.29 is 14.1 Å². The molecule has 0 saturated carbocycles. The lowest BCUT2D eigenvalue weighted by atomic mass is 10.8. The third-order valence-electron chi connectivity index (χ3n) is 0.467. The van der Waals surface area contributed by atoms with Crippen LogP contribution in [0.4, 0.5) is 0 Å². The molecule has 0 radical (unpaired) electrons. The van der Waals surface area contributed by atoms with E-state index >= 15 is 0 Å². The molecule has 0 heterocycles. The van der Waals surface area contributed by atoms with E-state index in [1.165, 1.54) is 0 Å². The monoisotopic (exact) mass is 164 g/mol. The van der Waals surface area contributed by atoms with Crippen LogP contribution in [-0.4, -0.2) is 23.4 Å². The van der Waals surface area contributed by atoms with E-state index in [0.29, 0.717) is 5.75 Å². The summed E-state index contributed by atoms with van der Waals surface area (Å²) >= 11 is 0.958. The smallest absolute Gasteiger partial charge is 0.343 e. The van der Waals surface area contributed by atoms with Crippen LogP contribution in [0.2, 0.25) is 0 Å². The van der Waals surface area contributed by atoms with Crippen molar-refractivity contribution in [3.8, 4) is 0 Å². The van der Waals surface area contributed by atoms with Gasteiger partial charge in [-0.2, -0.15) is 0 Å². The Labute approximate surface area is 65.3 Å². The van der Waals surface area contributed by atoms with Gasteiger partial charge in [-0.05, 0) is 0 Å². The van der Waals surface area contributed by atoms with Crippen molar-refractivity contribution in [3.05, 3.63) is 12.7 Å². The first-order valence-corrected chi connectivity index (χ1v) is 3.26. The van der Waals surface area contributed by atoms with Crippen molar-refractivity contribution in [3.63, 3.8) is 0 Å². The van der Waals surface area contributed by atoms with E-state index in [4.69, 9.17) is 5.11 Å². The van der Waals surface area contributed by atoms with Crippen LogP contribution in [0.15, 0.2) is 12.7 Å². The Morgan fingerprint density at radius 1 is 1.80 bits per heavy atom. The molecule has 10 heavy (non-hydrogen) atoms. The molecule has 60 valence electrons. The third kappa shape index (κ3) is 7.52. The first kappa shape index (κ1) is 12.2. The first-order chi connectivity index (χ1) is 4.31. The number of hydrogen-bond donors (Lipinski definition) is 1. The molecule has 0 aliphatic rings. The fraction of sp³-hybridized carbons (Fsp3) is 0.500. The van der Waals surface area contributed by atoms with E-state index in [1.807, 2.05) is 0 Å². The summed E-state index contributed by atoms with van der Waals surface area (Å²) in [7, 11) is 0. The molecule has 0 unspecified atom stereocenters. The number of carbonyl (C=O) groups excluding carboxylic acids is 1. The summed E-state index contributed by atoms with van der Waals surface area (Å²) in [5.41, 5.74) is 0. The van der Waals surface area contributed by atoms with Gasteiger partial charge in [0.1, 0.15) is 6.61 Å². The van der Waals surface area contributed by atoms with E-state index < -0.39 is 12.6 Å². The second-order valence-electron chi connectivity index (χ2n) is 1.19. The van der Waals surface area contributed by atoms with Gasteiger partial charge in [-0.25, -0.2) is 4.79 Å². The summed E-state index contributed by atoms with van der Waals surface area (Å²) < 4.78 is 4.39. The number of rotatable bonds is 4. The van der Waals surface area contributed by atoms with Gasteiger partial charge < -0.3 is 9.29 Å². The van der Waals surface area contributed by atoms with Crippen LogP contribution >= 0.6 is 12.0 Å². The number of aliphatic hydroxyl groups is 1. The lowest BCUT2D eigenvalue weighted by Gasteiger charge is -1.94. The average Bonchev–Trinajstić information content (AvgIpc) is 1.89. The topological polar surface area (TPSA) is 46.5 Å². The molecule has 0 spiro atoms. The van der Waals surface area contributed by atoms with Crippen molar-refractivity contribution in [2.45, 2.75) is 7.43 Å². The maximum Gasteiger partial charge on any atom is 0.343 e. The van der Waals surface area contributed by atoms with Crippen LogP contribution in [0, 0.1) is 0 Å². The maximum atomic E-state index is 10.2. The van der Waals surface area contributed by atoms with E-state index in [1.54, 1.807) is 6.08 Å². The summed E-state index contributed by atoms with van der Waals surface area (Å²) in [5, 5.41) is 8.12. The second-order valence-corrected chi connectivity index (χ2v) is 1.92. The zero-order valence-corrected chi connectivity index (χ0v) is 5.69. The SMILES string of the molecule is C.C=CCSOC(=O)CO. The molecule has 0 amide bonds. The number of carbonyl (C=O) groups is 1. The molecule has 0 atom stereocenters. The fourth-order valence-corrected chi connectivity index (χ4v) is 0.523. The summed E-state index contributed by atoms with van der Waals surface area (Å²) in [5.74, 6) is -0.0759. The summed E-state index contributed by atoms with van der Waals surface area (Å²) in [4.78, 5) is 10.2. The molecule has 0 aromatic rings. The van der Waals surface area contributed by atoms with Crippen LogP contribution in [0.5, 0.6) is 0 Å². The molecule has 0 bridgehead atoms. The van der Waals surface area contributed by atoms with E-state index in [-0.39, 0.29) is 7.43 Å². The van der Waals surface area contributed by atoms with Gasteiger partial charge in [-0.1, -0.05) is 13.5 Å². The Morgan fingerprint density at radius 2 is 2.40 bits per heavy atom. The largest absolute Gasteiger partial charge is 0.389 e. The average molecular weight is 164 g/mol. The van der Waals surface area contributed by atoms with E-state index in [2.05, 4.69) is 10.8 Å². The highest BCUT2D eigenvalue weighted by Crippen LogP contribution is 2.01. The molecule has 3 nitrogen and oxygen atoms in total. The minimum absolute atomic E-state index is 0. The summed E-state index contributed by atoms with van der Waals surface area (Å²) in [6.45, 7) is 2.84. The zero-order valence-electron chi connectivity index (χ0n) is 4.87. The zero-order chi connectivity index (χ0) is 7.11. The lowest BCUT2D eigenvalue weighted by Crippen LogP contribution is -2.03. The van der Waals surface area contributed by atoms with Crippen molar-refractivity contribution in [1.29, 1.82) is 0 Å². The maximum absolute atomic E-state index is 10.2. The minimum Gasteiger partial charge on any atom is -0.389 e.